The number of nitrogens with zero attached hydrogens (tertiary/aromatic N) is 2. The second-order valence-corrected chi connectivity index (χ2v) is 5.22. The van der Waals surface area contributed by atoms with Crippen LogP contribution in [0, 0.1) is 0 Å². The van der Waals surface area contributed by atoms with Gasteiger partial charge in [-0.05, 0) is 36.1 Å². The molecular formula is C15H14N2O2S. The Labute approximate surface area is 121 Å². The van der Waals surface area contributed by atoms with Crippen LogP contribution < -0.4 is 4.74 Å². The van der Waals surface area contributed by atoms with E-state index in [1.807, 2.05) is 41.8 Å². The summed E-state index contributed by atoms with van der Waals surface area (Å²) in [4.78, 5) is 5.42. The molecule has 0 radical (unpaired) electrons. The molecule has 2 heterocycles. The summed E-state index contributed by atoms with van der Waals surface area (Å²) in [5.41, 5.74) is 0.869. The normalized spacial score (nSPS) is 10.7. The number of thiophene rings is 1. The lowest BCUT2D eigenvalue weighted by molar-refractivity contribution is 0.317. The van der Waals surface area contributed by atoms with Crippen molar-refractivity contribution in [2.24, 2.45) is 0 Å². The Morgan fingerprint density at radius 3 is 3.00 bits per heavy atom. The van der Waals surface area contributed by atoms with Crippen LogP contribution in [0.2, 0.25) is 0 Å². The molecule has 0 aliphatic carbocycles. The van der Waals surface area contributed by atoms with Crippen molar-refractivity contribution in [3.63, 3.8) is 0 Å². The molecular weight excluding hydrogens is 272 g/mol. The van der Waals surface area contributed by atoms with E-state index in [1.165, 1.54) is 0 Å². The molecule has 0 spiro atoms. The van der Waals surface area contributed by atoms with Crippen LogP contribution in [-0.4, -0.2) is 16.7 Å². The molecule has 0 saturated carbocycles. The summed E-state index contributed by atoms with van der Waals surface area (Å²) < 4.78 is 10.9. The van der Waals surface area contributed by atoms with Crippen LogP contribution in [0.15, 0.2) is 46.3 Å². The lowest BCUT2D eigenvalue weighted by atomic mass is 10.2. The monoisotopic (exact) mass is 286 g/mol. The summed E-state index contributed by atoms with van der Waals surface area (Å²) >= 11 is 1.59. The first-order chi connectivity index (χ1) is 9.86. The fourth-order valence-corrected chi connectivity index (χ4v) is 2.43. The van der Waals surface area contributed by atoms with E-state index in [4.69, 9.17) is 9.26 Å². The number of hydrogen-bond donors (Lipinski definition) is 0. The minimum absolute atomic E-state index is 0.510. The highest BCUT2D eigenvalue weighted by Gasteiger charge is 2.11. The van der Waals surface area contributed by atoms with Crippen molar-refractivity contribution in [3.8, 4) is 27.9 Å². The van der Waals surface area contributed by atoms with E-state index in [0.717, 1.165) is 22.6 Å². The van der Waals surface area contributed by atoms with Crippen LogP contribution in [0.25, 0.3) is 22.2 Å². The zero-order valence-electron chi connectivity index (χ0n) is 11.1. The number of aromatic nitrogens is 2. The van der Waals surface area contributed by atoms with Gasteiger partial charge in [0.05, 0.1) is 11.5 Å². The molecule has 4 nitrogen and oxygen atoms in total. The third-order valence-corrected chi connectivity index (χ3v) is 3.59. The summed E-state index contributed by atoms with van der Waals surface area (Å²) in [5, 5.41) is 6.00. The highest BCUT2D eigenvalue weighted by molar-refractivity contribution is 7.13. The topological polar surface area (TPSA) is 48.2 Å². The van der Waals surface area contributed by atoms with Crippen LogP contribution in [0.3, 0.4) is 0 Å². The average Bonchev–Trinajstić information content (AvgIpc) is 3.15. The standard InChI is InChI=1S/C15H14N2O2S/c1-2-8-18-12-6-3-5-11(10-12)15-16-14(17-19-15)13-7-4-9-20-13/h3-7,9-10H,2,8H2,1H3. The predicted molar refractivity (Wildman–Crippen MR) is 78.8 cm³/mol. The lowest BCUT2D eigenvalue weighted by Gasteiger charge is -2.04. The fraction of sp³-hybridized carbons (Fsp3) is 0.200. The quantitative estimate of drug-likeness (QED) is 0.703. The molecule has 102 valence electrons. The first kappa shape index (κ1) is 12.9. The van der Waals surface area contributed by atoms with Gasteiger partial charge in [0.1, 0.15) is 5.75 Å². The van der Waals surface area contributed by atoms with Gasteiger partial charge < -0.3 is 9.26 Å². The Bertz CT molecular complexity index is 677. The van der Waals surface area contributed by atoms with E-state index < -0.39 is 0 Å². The number of ether oxygens (including phenoxy) is 1. The van der Waals surface area contributed by atoms with Crippen LogP contribution in [-0.2, 0) is 0 Å². The molecule has 0 saturated heterocycles. The minimum Gasteiger partial charge on any atom is -0.494 e. The van der Waals surface area contributed by atoms with Crippen molar-refractivity contribution in [2.75, 3.05) is 6.61 Å². The van der Waals surface area contributed by atoms with Crippen LogP contribution in [0.4, 0.5) is 0 Å². The maximum atomic E-state index is 5.61. The lowest BCUT2D eigenvalue weighted by Crippen LogP contribution is -1.94. The number of benzene rings is 1. The maximum Gasteiger partial charge on any atom is 0.258 e. The first-order valence-electron chi connectivity index (χ1n) is 6.47. The maximum absolute atomic E-state index is 5.61. The van der Waals surface area contributed by atoms with Gasteiger partial charge in [0, 0.05) is 5.56 Å². The number of hydrogen-bond acceptors (Lipinski definition) is 5. The zero-order chi connectivity index (χ0) is 13.8. The Balaban J connectivity index is 1.86. The van der Waals surface area contributed by atoms with Gasteiger partial charge in [0.25, 0.3) is 5.89 Å². The van der Waals surface area contributed by atoms with Crippen LogP contribution >= 0.6 is 11.3 Å². The van der Waals surface area contributed by atoms with Crippen molar-refractivity contribution < 1.29 is 9.26 Å². The molecule has 0 unspecified atom stereocenters. The third kappa shape index (κ3) is 2.72. The van der Waals surface area contributed by atoms with Gasteiger partial charge in [-0.2, -0.15) is 4.98 Å². The molecule has 0 bridgehead atoms. The van der Waals surface area contributed by atoms with Crippen molar-refractivity contribution in [2.45, 2.75) is 13.3 Å². The molecule has 0 N–H and O–H groups in total. The zero-order valence-corrected chi connectivity index (χ0v) is 11.9. The number of rotatable bonds is 5. The molecule has 3 rings (SSSR count). The van der Waals surface area contributed by atoms with E-state index in [1.54, 1.807) is 11.3 Å². The van der Waals surface area contributed by atoms with Gasteiger partial charge in [-0.25, -0.2) is 0 Å². The smallest absolute Gasteiger partial charge is 0.258 e. The Kier molecular flexibility index (Phi) is 3.78. The summed E-state index contributed by atoms with van der Waals surface area (Å²) in [6, 6.07) is 11.6. The van der Waals surface area contributed by atoms with Crippen molar-refractivity contribution >= 4 is 11.3 Å². The average molecular weight is 286 g/mol. The molecule has 1 aromatic carbocycles. The molecule has 2 aromatic heterocycles. The molecule has 5 heteroatoms. The van der Waals surface area contributed by atoms with Gasteiger partial charge in [-0.15, -0.1) is 11.3 Å². The Morgan fingerprint density at radius 2 is 2.20 bits per heavy atom. The second kappa shape index (κ2) is 5.88. The first-order valence-corrected chi connectivity index (χ1v) is 7.35. The highest BCUT2D eigenvalue weighted by Crippen LogP contribution is 2.27. The summed E-state index contributed by atoms with van der Waals surface area (Å²) in [6.45, 7) is 2.78. The molecule has 0 atom stereocenters. The van der Waals surface area contributed by atoms with Crippen molar-refractivity contribution in [1.82, 2.24) is 10.1 Å². The minimum atomic E-state index is 0.510. The van der Waals surface area contributed by atoms with Gasteiger partial charge in [0.2, 0.25) is 5.82 Å². The molecule has 3 aromatic rings. The van der Waals surface area contributed by atoms with Crippen LogP contribution in [0.5, 0.6) is 5.75 Å². The predicted octanol–water partition coefficient (Wildman–Crippen LogP) is 4.25. The third-order valence-electron chi connectivity index (χ3n) is 2.72. The summed E-state index contributed by atoms with van der Waals surface area (Å²) in [6.07, 6.45) is 0.979. The SMILES string of the molecule is CCCOc1cccc(-c2nc(-c3cccs3)no2)c1. The Hall–Kier alpha value is -2.14. The summed E-state index contributed by atoms with van der Waals surface area (Å²) in [5.74, 6) is 1.95. The highest BCUT2D eigenvalue weighted by atomic mass is 32.1. The Morgan fingerprint density at radius 1 is 1.25 bits per heavy atom. The molecule has 20 heavy (non-hydrogen) atoms. The van der Waals surface area contributed by atoms with E-state index in [9.17, 15) is 0 Å². The molecule has 0 amide bonds. The van der Waals surface area contributed by atoms with Crippen molar-refractivity contribution in [3.05, 3.63) is 41.8 Å². The van der Waals surface area contributed by atoms with Gasteiger partial charge in [0.15, 0.2) is 0 Å². The van der Waals surface area contributed by atoms with E-state index in [2.05, 4.69) is 17.1 Å². The molecule has 0 fully saturated rings. The van der Waals surface area contributed by atoms with Crippen LogP contribution in [0.1, 0.15) is 13.3 Å². The van der Waals surface area contributed by atoms with E-state index in [-0.39, 0.29) is 0 Å². The van der Waals surface area contributed by atoms with Gasteiger partial charge >= 0.3 is 0 Å². The molecule has 0 aliphatic rings. The molecule has 0 aliphatic heterocycles. The van der Waals surface area contributed by atoms with E-state index in [0.29, 0.717) is 18.3 Å². The summed E-state index contributed by atoms with van der Waals surface area (Å²) in [7, 11) is 0. The second-order valence-electron chi connectivity index (χ2n) is 4.28. The van der Waals surface area contributed by atoms with Crippen molar-refractivity contribution in [1.29, 1.82) is 0 Å². The van der Waals surface area contributed by atoms with Gasteiger partial charge in [-0.1, -0.05) is 24.2 Å². The largest absolute Gasteiger partial charge is 0.494 e. The fourth-order valence-electron chi connectivity index (χ4n) is 1.79. The van der Waals surface area contributed by atoms with Gasteiger partial charge in [-0.3, -0.25) is 0 Å². The van der Waals surface area contributed by atoms with E-state index >= 15 is 0 Å².